The zero-order chi connectivity index (χ0) is 9.90. The summed E-state index contributed by atoms with van der Waals surface area (Å²) >= 11 is 0. The van der Waals surface area contributed by atoms with Crippen LogP contribution in [0, 0.1) is 11.3 Å². The van der Waals surface area contributed by atoms with E-state index in [2.05, 4.69) is 25.7 Å². The monoisotopic (exact) mass is 181 g/mol. The molecule has 1 aliphatic carbocycles. The molecule has 0 amide bonds. The first-order valence-corrected chi connectivity index (χ1v) is 5.41. The third-order valence-corrected chi connectivity index (χ3v) is 3.30. The first-order chi connectivity index (χ1) is 6.02. The molecule has 0 saturated heterocycles. The van der Waals surface area contributed by atoms with E-state index in [9.17, 15) is 0 Å². The maximum absolute atomic E-state index is 3.87. The SMILES string of the molecule is C=C(C)NCC1(C)CCC(C)CC1. The van der Waals surface area contributed by atoms with Gasteiger partial charge in [0.25, 0.3) is 0 Å². The van der Waals surface area contributed by atoms with Gasteiger partial charge in [-0.15, -0.1) is 0 Å². The molecule has 1 fully saturated rings. The van der Waals surface area contributed by atoms with Gasteiger partial charge in [-0.3, -0.25) is 0 Å². The molecule has 0 bridgehead atoms. The van der Waals surface area contributed by atoms with Crippen molar-refractivity contribution >= 4 is 0 Å². The van der Waals surface area contributed by atoms with Gasteiger partial charge in [-0.1, -0.05) is 33.3 Å². The molecule has 0 heterocycles. The number of nitrogens with one attached hydrogen (secondary N) is 1. The van der Waals surface area contributed by atoms with Crippen LogP contribution < -0.4 is 5.32 Å². The highest BCUT2D eigenvalue weighted by Gasteiger charge is 2.28. The minimum atomic E-state index is 0.519. The lowest BCUT2D eigenvalue weighted by Gasteiger charge is -2.36. The van der Waals surface area contributed by atoms with Crippen molar-refractivity contribution in [2.45, 2.75) is 46.5 Å². The molecule has 0 aromatic heterocycles. The maximum atomic E-state index is 3.87. The van der Waals surface area contributed by atoms with E-state index in [0.717, 1.165) is 18.2 Å². The van der Waals surface area contributed by atoms with Crippen LogP contribution in [0.1, 0.15) is 46.5 Å². The second-order valence-electron chi connectivity index (χ2n) is 5.13. The van der Waals surface area contributed by atoms with Crippen molar-refractivity contribution in [3.8, 4) is 0 Å². The molecule has 0 aromatic rings. The van der Waals surface area contributed by atoms with Crippen LogP contribution in [0.2, 0.25) is 0 Å². The summed E-state index contributed by atoms with van der Waals surface area (Å²) in [4.78, 5) is 0. The summed E-state index contributed by atoms with van der Waals surface area (Å²) in [5.41, 5.74) is 1.62. The van der Waals surface area contributed by atoms with Gasteiger partial charge in [-0.25, -0.2) is 0 Å². The Bertz CT molecular complexity index is 176. The van der Waals surface area contributed by atoms with E-state index in [1.54, 1.807) is 0 Å². The summed E-state index contributed by atoms with van der Waals surface area (Å²) in [6.07, 6.45) is 5.53. The Labute approximate surface area is 82.6 Å². The minimum Gasteiger partial charge on any atom is -0.388 e. The normalized spacial score (nSPS) is 34.2. The van der Waals surface area contributed by atoms with Crippen molar-refractivity contribution < 1.29 is 0 Å². The molecular formula is C12H23N. The van der Waals surface area contributed by atoms with Gasteiger partial charge in [0, 0.05) is 12.2 Å². The molecular weight excluding hydrogens is 158 g/mol. The van der Waals surface area contributed by atoms with Crippen LogP contribution in [0.5, 0.6) is 0 Å². The number of hydrogen-bond donors (Lipinski definition) is 1. The highest BCUT2D eigenvalue weighted by atomic mass is 14.9. The summed E-state index contributed by atoms with van der Waals surface area (Å²) in [6.45, 7) is 11.8. The molecule has 0 atom stereocenters. The van der Waals surface area contributed by atoms with Crippen molar-refractivity contribution in [2.75, 3.05) is 6.54 Å². The average molecular weight is 181 g/mol. The quantitative estimate of drug-likeness (QED) is 0.704. The van der Waals surface area contributed by atoms with E-state index in [0.29, 0.717) is 5.41 Å². The van der Waals surface area contributed by atoms with Gasteiger partial charge in [-0.2, -0.15) is 0 Å². The number of rotatable bonds is 3. The first kappa shape index (κ1) is 10.6. The van der Waals surface area contributed by atoms with Crippen molar-refractivity contribution in [1.29, 1.82) is 0 Å². The zero-order valence-electron chi connectivity index (χ0n) is 9.32. The third kappa shape index (κ3) is 3.41. The molecule has 0 unspecified atom stereocenters. The smallest absolute Gasteiger partial charge is 0.0197 e. The molecule has 1 aliphatic rings. The predicted molar refractivity (Wildman–Crippen MR) is 58.6 cm³/mol. The Balaban J connectivity index is 2.34. The Kier molecular flexibility index (Phi) is 3.40. The van der Waals surface area contributed by atoms with E-state index in [-0.39, 0.29) is 0 Å². The Hall–Kier alpha value is -0.460. The second kappa shape index (κ2) is 4.17. The summed E-state index contributed by atoms with van der Waals surface area (Å²) in [6, 6.07) is 0. The van der Waals surface area contributed by atoms with Crippen LogP contribution in [-0.4, -0.2) is 6.54 Å². The van der Waals surface area contributed by atoms with E-state index in [1.807, 2.05) is 6.92 Å². The molecule has 76 valence electrons. The molecule has 0 aromatic carbocycles. The van der Waals surface area contributed by atoms with Crippen LogP contribution in [0.15, 0.2) is 12.3 Å². The van der Waals surface area contributed by atoms with Crippen LogP contribution in [0.3, 0.4) is 0 Å². The van der Waals surface area contributed by atoms with Gasteiger partial charge in [0.1, 0.15) is 0 Å². The van der Waals surface area contributed by atoms with Gasteiger partial charge >= 0.3 is 0 Å². The average Bonchev–Trinajstić information content (AvgIpc) is 2.08. The lowest BCUT2D eigenvalue weighted by molar-refractivity contribution is 0.177. The highest BCUT2D eigenvalue weighted by molar-refractivity contribution is 4.90. The number of allylic oxidation sites excluding steroid dienone is 1. The van der Waals surface area contributed by atoms with Crippen LogP contribution >= 0.6 is 0 Å². The second-order valence-corrected chi connectivity index (χ2v) is 5.13. The van der Waals surface area contributed by atoms with Crippen LogP contribution in [0.25, 0.3) is 0 Å². The van der Waals surface area contributed by atoms with Gasteiger partial charge in [-0.05, 0) is 31.1 Å². The molecule has 1 rings (SSSR count). The standard InChI is InChI=1S/C12H23N/c1-10(2)13-9-12(4)7-5-11(3)6-8-12/h11,13H,1,5-9H2,2-4H3. The largest absolute Gasteiger partial charge is 0.388 e. The van der Waals surface area contributed by atoms with Crippen LogP contribution in [-0.2, 0) is 0 Å². The summed E-state index contributed by atoms with van der Waals surface area (Å²) in [7, 11) is 0. The molecule has 1 N–H and O–H groups in total. The molecule has 0 aliphatic heterocycles. The lowest BCUT2D eigenvalue weighted by atomic mass is 9.72. The summed E-state index contributed by atoms with van der Waals surface area (Å²) < 4.78 is 0. The fourth-order valence-corrected chi connectivity index (χ4v) is 2.00. The van der Waals surface area contributed by atoms with Crippen molar-refractivity contribution in [2.24, 2.45) is 11.3 Å². The summed E-state index contributed by atoms with van der Waals surface area (Å²) in [5.74, 6) is 0.943. The molecule has 0 spiro atoms. The molecule has 1 nitrogen and oxygen atoms in total. The van der Waals surface area contributed by atoms with Gasteiger partial charge in [0.15, 0.2) is 0 Å². The lowest BCUT2D eigenvalue weighted by Crippen LogP contribution is -2.34. The number of hydrogen-bond acceptors (Lipinski definition) is 1. The highest BCUT2D eigenvalue weighted by Crippen LogP contribution is 2.37. The molecule has 1 saturated carbocycles. The first-order valence-electron chi connectivity index (χ1n) is 5.41. The maximum Gasteiger partial charge on any atom is 0.0197 e. The summed E-state index contributed by atoms with van der Waals surface area (Å²) in [5, 5.41) is 3.38. The van der Waals surface area contributed by atoms with Gasteiger partial charge in [0.2, 0.25) is 0 Å². The van der Waals surface area contributed by atoms with Gasteiger partial charge in [0.05, 0.1) is 0 Å². The van der Waals surface area contributed by atoms with E-state index >= 15 is 0 Å². The van der Waals surface area contributed by atoms with Crippen LogP contribution in [0.4, 0.5) is 0 Å². The van der Waals surface area contributed by atoms with Crippen molar-refractivity contribution in [3.05, 3.63) is 12.3 Å². The van der Waals surface area contributed by atoms with E-state index in [1.165, 1.54) is 25.7 Å². The van der Waals surface area contributed by atoms with E-state index < -0.39 is 0 Å². The molecule has 0 radical (unpaired) electrons. The topological polar surface area (TPSA) is 12.0 Å². The molecule has 1 heteroatoms. The molecule has 13 heavy (non-hydrogen) atoms. The Morgan fingerprint density at radius 3 is 2.46 bits per heavy atom. The van der Waals surface area contributed by atoms with E-state index in [4.69, 9.17) is 0 Å². The fraction of sp³-hybridized carbons (Fsp3) is 0.833. The minimum absolute atomic E-state index is 0.519. The zero-order valence-corrected chi connectivity index (χ0v) is 9.32. The third-order valence-electron chi connectivity index (χ3n) is 3.30. The fourth-order valence-electron chi connectivity index (χ4n) is 2.00. The van der Waals surface area contributed by atoms with Gasteiger partial charge < -0.3 is 5.32 Å². The predicted octanol–water partition coefficient (Wildman–Crippen LogP) is 3.33. The van der Waals surface area contributed by atoms with Crippen molar-refractivity contribution in [3.63, 3.8) is 0 Å². The Morgan fingerprint density at radius 2 is 2.00 bits per heavy atom. The van der Waals surface area contributed by atoms with Crippen molar-refractivity contribution in [1.82, 2.24) is 5.32 Å². The Morgan fingerprint density at radius 1 is 1.46 bits per heavy atom.